The molecular formula is C32H25NO7. The quantitative estimate of drug-likeness (QED) is 0.196. The Bertz CT molecular complexity index is 1570. The molecule has 0 bridgehead atoms. The fourth-order valence-electron chi connectivity index (χ4n) is 4.00. The molecule has 0 radical (unpaired) electrons. The third kappa shape index (κ3) is 7.14. The number of ketones is 2. The second-order valence-electron chi connectivity index (χ2n) is 9.18. The number of nitrogens with one attached hydrogen (secondary N) is 1. The molecule has 0 aliphatic carbocycles. The Kier molecular flexibility index (Phi) is 8.61. The summed E-state index contributed by atoms with van der Waals surface area (Å²) in [5, 5.41) is 11.8. The van der Waals surface area contributed by atoms with Crippen LogP contribution in [0.2, 0.25) is 0 Å². The van der Waals surface area contributed by atoms with Gasteiger partial charge in [0, 0.05) is 35.2 Å². The number of carbonyl (C=O) groups is 5. The highest BCUT2D eigenvalue weighted by atomic mass is 16.5. The van der Waals surface area contributed by atoms with Crippen LogP contribution in [0.25, 0.3) is 0 Å². The van der Waals surface area contributed by atoms with Crippen molar-refractivity contribution in [3.05, 3.63) is 130 Å². The van der Waals surface area contributed by atoms with Crippen LogP contribution in [-0.4, -0.2) is 35.0 Å². The first kappa shape index (κ1) is 27.7. The van der Waals surface area contributed by atoms with Crippen LogP contribution >= 0.6 is 0 Å². The third-order valence-electron chi connectivity index (χ3n) is 6.19. The van der Waals surface area contributed by atoms with Crippen LogP contribution in [0.4, 0.5) is 5.69 Å². The normalized spacial score (nSPS) is 10.4. The van der Waals surface area contributed by atoms with Gasteiger partial charge < -0.3 is 15.2 Å². The summed E-state index contributed by atoms with van der Waals surface area (Å²) >= 11 is 0. The summed E-state index contributed by atoms with van der Waals surface area (Å²) in [5.74, 6) is -1.88. The summed E-state index contributed by atoms with van der Waals surface area (Å²) in [6.07, 6.45) is 0.0858. The first-order chi connectivity index (χ1) is 19.2. The number of aryl methyl sites for hydroxylation is 1. The number of benzene rings is 4. The molecule has 8 nitrogen and oxygen atoms in total. The Morgan fingerprint density at radius 1 is 0.700 bits per heavy atom. The van der Waals surface area contributed by atoms with Crippen LogP contribution in [0.1, 0.15) is 58.1 Å². The molecule has 4 aromatic rings. The number of Topliss-reactive ketones (excluding diaryl/α,β-unsaturated/α-hetero) is 2. The van der Waals surface area contributed by atoms with Gasteiger partial charge in [0.2, 0.25) is 0 Å². The van der Waals surface area contributed by atoms with Crippen LogP contribution in [0.3, 0.4) is 0 Å². The van der Waals surface area contributed by atoms with Crippen LogP contribution in [0.5, 0.6) is 5.75 Å². The molecule has 0 aliphatic heterocycles. The van der Waals surface area contributed by atoms with Crippen molar-refractivity contribution in [1.29, 1.82) is 0 Å². The Hall–Kier alpha value is -5.37. The SMILES string of the molecule is Cc1ccc(CC(=O)c2cc(C(=O)Cc3ccc(OC=O)cc3)cc(C(=O)Nc3ccc(C(=O)O)cc3)c2)cc1. The standard InChI is InChI=1S/C32H25NO7/c1-20-2-4-21(5-3-20)14-29(35)24-16-25(30(36)15-22-6-12-28(13-7-22)40-19-34)18-26(17-24)31(37)33-27-10-8-23(9-11-27)32(38)39/h2-13,16-19H,14-15H2,1H3,(H,33,37)(H,38,39). The Balaban J connectivity index is 1.62. The Morgan fingerprint density at radius 3 is 1.70 bits per heavy atom. The molecule has 0 saturated carbocycles. The number of hydrogen-bond donors (Lipinski definition) is 2. The second-order valence-corrected chi connectivity index (χ2v) is 9.18. The van der Waals surface area contributed by atoms with E-state index in [1.807, 2.05) is 31.2 Å². The molecule has 4 aromatic carbocycles. The predicted octanol–water partition coefficient (Wildman–Crippen LogP) is 5.33. The summed E-state index contributed by atoms with van der Waals surface area (Å²) < 4.78 is 4.78. The number of carbonyl (C=O) groups excluding carboxylic acids is 4. The van der Waals surface area contributed by atoms with Gasteiger partial charge >= 0.3 is 5.97 Å². The van der Waals surface area contributed by atoms with Crippen molar-refractivity contribution in [2.45, 2.75) is 19.8 Å². The molecule has 40 heavy (non-hydrogen) atoms. The Morgan fingerprint density at radius 2 is 1.20 bits per heavy atom. The highest BCUT2D eigenvalue weighted by Gasteiger charge is 2.18. The zero-order chi connectivity index (χ0) is 28.6. The lowest BCUT2D eigenvalue weighted by Gasteiger charge is -2.11. The van der Waals surface area contributed by atoms with Crippen molar-refractivity contribution in [2.75, 3.05) is 5.32 Å². The van der Waals surface area contributed by atoms with Crippen LogP contribution in [0, 0.1) is 6.92 Å². The molecule has 0 fully saturated rings. The molecule has 0 saturated heterocycles. The van der Waals surface area contributed by atoms with Gasteiger partial charge in [-0.2, -0.15) is 0 Å². The number of aromatic carboxylic acids is 1. The summed E-state index contributed by atoms with van der Waals surface area (Å²) in [4.78, 5) is 61.2. The number of rotatable bonds is 11. The van der Waals surface area contributed by atoms with Crippen molar-refractivity contribution in [3.63, 3.8) is 0 Å². The molecule has 0 spiro atoms. The number of ether oxygens (including phenoxy) is 1. The molecular weight excluding hydrogens is 510 g/mol. The lowest BCUT2D eigenvalue weighted by molar-refractivity contribution is -0.120. The molecule has 0 atom stereocenters. The van der Waals surface area contributed by atoms with Gasteiger partial charge in [-0.25, -0.2) is 4.79 Å². The van der Waals surface area contributed by atoms with E-state index < -0.39 is 11.9 Å². The maximum absolute atomic E-state index is 13.2. The summed E-state index contributed by atoms with van der Waals surface area (Å²) in [7, 11) is 0. The lowest BCUT2D eigenvalue weighted by atomic mass is 9.94. The van der Waals surface area contributed by atoms with Gasteiger partial charge in [-0.15, -0.1) is 0 Å². The first-order valence-corrected chi connectivity index (χ1v) is 12.3. The van der Waals surface area contributed by atoms with Crippen molar-refractivity contribution in [1.82, 2.24) is 0 Å². The number of hydrogen-bond acceptors (Lipinski definition) is 6. The van der Waals surface area contributed by atoms with Gasteiger partial charge in [0.1, 0.15) is 5.75 Å². The van der Waals surface area contributed by atoms with Crippen LogP contribution in [0.15, 0.2) is 91.0 Å². The Labute approximate surface area is 230 Å². The molecule has 0 aliphatic rings. The summed E-state index contributed by atoms with van der Waals surface area (Å²) in [6.45, 7) is 2.26. The van der Waals surface area contributed by atoms with E-state index in [1.54, 1.807) is 24.3 Å². The van der Waals surface area contributed by atoms with E-state index in [-0.39, 0.29) is 46.7 Å². The average molecular weight is 536 g/mol. The molecule has 0 heterocycles. The van der Waals surface area contributed by atoms with Crippen molar-refractivity contribution < 1.29 is 33.8 Å². The number of carboxylic acids is 1. The molecule has 1 amide bonds. The number of anilines is 1. The van der Waals surface area contributed by atoms with E-state index in [9.17, 15) is 24.0 Å². The van der Waals surface area contributed by atoms with E-state index in [2.05, 4.69) is 5.32 Å². The van der Waals surface area contributed by atoms with Crippen molar-refractivity contribution in [2.24, 2.45) is 0 Å². The minimum absolute atomic E-state index is 0.00527. The molecule has 0 unspecified atom stereocenters. The summed E-state index contributed by atoms with van der Waals surface area (Å²) in [5.41, 5.74) is 3.46. The van der Waals surface area contributed by atoms with E-state index >= 15 is 0 Å². The molecule has 0 aromatic heterocycles. The highest BCUT2D eigenvalue weighted by Crippen LogP contribution is 2.19. The molecule has 4 rings (SSSR count). The minimum Gasteiger partial charge on any atom is -0.478 e. The molecule has 200 valence electrons. The van der Waals surface area contributed by atoms with E-state index in [0.29, 0.717) is 23.5 Å². The number of amides is 1. The fourth-order valence-corrected chi connectivity index (χ4v) is 4.00. The van der Waals surface area contributed by atoms with Gasteiger partial charge in [-0.3, -0.25) is 19.2 Å². The summed E-state index contributed by atoms with van der Waals surface area (Å²) in [6, 6.07) is 23.9. The smallest absolute Gasteiger partial charge is 0.335 e. The van der Waals surface area contributed by atoms with E-state index in [0.717, 1.165) is 11.1 Å². The molecule has 2 N–H and O–H groups in total. The maximum atomic E-state index is 13.2. The third-order valence-corrected chi connectivity index (χ3v) is 6.19. The maximum Gasteiger partial charge on any atom is 0.335 e. The largest absolute Gasteiger partial charge is 0.478 e. The van der Waals surface area contributed by atoms with Crippen molar-refractivity contribution in [3.8, 4) is 5.75 Å². The number of carboxylic acid groups (broad SMARTS) is 1. The van der Waals surface area contributed by atoms with Gasteiger partial charge in [-0.1, -0.05) is 42.0 Å². The van der Waals surface area contributed by atoms with Crippen LogP contribution < -0.4 is 10.1 Å². The van der Waals surface area contributed by atoms with Gasteiger partial charge in [0.15, 0.2) is 11.6 Å². The van der Waals surface area contributed by atoms with Crippen molar-refractivity contribution >= 4 is 35.6 Å². The zero-order valence-electron chi connectivity index (χ0n) is 21.5. The predicted molar refractivity (Wildman–Crippen MR) is 148 cm³/mol. The second kappa shape index (κ2) is 12.4. The minimum atomic E-state index is -1.09. The topological polar surface area (TPSA) is 127 Å². The monoisotopic (exact) mass is 535 g/mol. The average Bonchev–Trinajstić information content (AvgIpc) is 2.95. The first-order valence-electron chi connectivity index (χ1n) is 12.3. The van der Waals surface area contributed by atoms with E-state index in [1.165, 1.54) is 42.5 Å². The van der Waals surface area contributed by atoms with Gasteiger partial charge in [-0.05, 0) is 72.6 Å². The fraction of sp³-hybridized carbons (Fsp3) is 0.0938. The van der Waals surface area contributed by atoms with Gasteiger partial charge in [0.05, 0.1) is 5.56 Å². The molecule has 8 heteroatoms. The van der Waals surface area contributed by atoms with Crippen LogP contribution in [-0.2, 0) is 17.6 Å². The highest BCUT2D eigenvalue weighted by molar-refractivity contribution is 6.10. The lowest BCUT2D eigenvalue weighted by Crippen LogP contribution is -2.16. The zero-order valence-corrected chi connectivity index (χ0v) is 21.5. The van der Waals surface area contributed by atoms with Gasteiger partial charge in [0.25, 0.3) is 12.4 Å². The van der Waals surface area contributed by atoms with E-state index in [4.69, 9.17) is 9.84 Å².